The number of carbonyl (C=O) groups is 1. The summed E-state index contributed by atoms with van der Waals surface area (Å²) in [7, 11) is -3.85. The van der Waals surface area contributed by atoms with Gasteiger partial charge in [0.15, 0.2) is 11.5 Å². The van der Waals surface area contributed by atoms with Gasteiger partial charge in [-0.25, -0.2) is 18.4 Å². The molecular weight excluding hydrogens is 458 g/mol. The molecule has 0 saturated heterocycles. The molecule has 2 N–H and O–H groups in total. The summed E-state index contributed by atoms with van der Waals surface area (Å²) in [5, 5.41) is 2.76. The van der Waals surface area contributed by atoms with Gasteiger partial charge in [-0.1, -0.05) is 0 Å². The van der Waals surface area contributed by atoms with E-state index in [4.69, 9.17) is 9.47 Å². The number of imidazole rings is 1. The van der Waals surface area contributed by atoms with Gasteiger partial charge in [-0.15, -0.1) is 0 Å². The van der Waals surface area contributed by atoms with E-state index in [2.05, 4.69) is 20.0 Å². The predicted molar refractivity (Wildman–Crippen MR) is 124 cm³/mol. The normalized spacial score (nSPS) is 12.7. The molecule has 10 nitrogen and oxygen atoms in total. The molecule has 0 unspecified atom stereocenters. The van der Waals surface area contributed by atoms with E-state index in [9.17, 15) is 13.2 Å². The number of anilines is 2. The molecule has 2 aromatic heterocycles. The van der Waals surface area contributed by atoms with E-state index in [1.54, 1.807) is 47.7 Å². The van der Waals surface area contributed by atoms with E-state index in [-0.39, 0.29) is 10.8 Å². The summed E-state index contributed by atoms with van der Waals surface area (Å²) in [5.74, 6) is 1.21. The van der Waals surface area contributed by atoms with Crippen LogP contribution in [0.25, 0.3) is 5.82 Å². The van der Waals surface area contributed by atoms with Crippen molar-refractivity contribution in [1.29, 1.82) is 0 Å². The average molecular weight is 478 g/mol. The molecule has 1 aliphatic heterocycles. The Morgan fingerprint density at radius 2 is 1.71 bits per heavy atom. The van der Waals surface area contributed by atoms with Crippen LogP contribution in [0.2, 0.25) is 0 Å². The number of aromatic nitrogens is 3. The molecule has 11 heteroatoms. The third kappa shape index (κ3) is 4.55. The lowest BCUT2D eigenvalue weighted by molar-refractivity contribution is 0.102. The van der Waals surface area contributed by atoms with E-state index in [0.717, 1.165) is 0 Å². The lowest BCUT2D eigenvalue weighted by Gasteiger charge is -2.19. The lowest BCUT2D eigenvalue weighted by atomic mass is 10.2. The first kappa shape index (κ1) is 21.5. The topological polar surface area (TPSA) is 124 Å². The number of nitrogens with one attached hydrogen (secondary N) is 2. The fourth-order valence-electron chi connectivity index (χ4n) is 3.31. The monoisotopic (exact) mass is 477 g/mol. The van der Waals surface area contributed by atoms with E-state index < -0.39 is 10.0 Å². The van der Waals surface area contributed by atoms with E-state index in [1.165, 1.54) is 36.4 Å². The molecule has 0 atom stereocenters. The van der Waals surface area contributed by atoms with Gasteiger partial charge in [0.1, 0.15) is 25.4 Å². The number of benzene rings is 2. The smallest absolute Gasteiger partial charge is 0.262 e. The van der Waals surface area contributed by atoms with Gasteiger partial charge in [0.25, 0.3) is 15.9 Å². The zero-order valence-electron chi connectivity index (χ0n) is 17.7. The second-order valence-electron chi connectivity index (χ2n) is 7.32. The van der Waals surface area contributed by atoms with Crippen molar-refractivity contribution in [3.8, 4) is 17.3 Å². The van der Waals surface area contributed by atoms with Gasteiger partial charge in [-0.3, -0.25) is 14.1 Å². The van der Waals surface area contributed by atoms with E-state index in [1.807, 2.05) is 0 Å². The van der Waals surface area contributed by atoms with Gasteiger partial charge < -0.3 is 14.8 Å². The first-order valence-corrected chi connectivity index (χ1v) is 11.7. The maximum atomic E-state index is 12.8. The highest BCUT2D eigenvalue weighted by molar-refractivity contribution is 7.92. The summed E-state index contributed by atoms with van der Waals surface area (Å²) in [6.45, 7) is 0.781. The number of sulfonamides is 1. The summed E-state index contributed by atoms with van der Waals surface area (Å²) in [6.07, 6.45) is 6.59. The number of nitrogens with zero attached hydrogens (tertiary/aromatic N) is 3. The van der Waals surface area contributed by atoms with Gasteiger partial charge in [-0.05, 0) is 48.5 Å². The van der Waals surface area contributed by atoms with Crippen molar-refractivity contribution >= 4 is 27.3 Å². The SMILES string of the molecule is O=C(Nc1ccc(-n2ccnc2)nc1)c1ccc(NS(=O)(=O)c2ccc3c(c2)OCCO3)cc1. The van der Waals surface area contributed by atoms with Crippen molar-refractivity contribution in [3.05, 3.63) is 85.1 Å². The fraction of sp³-hybridized carbons (Fsp3) is 0.0870. The highest BCUT2D eigenvalue weighted by Gasteiger charge is 2.19. The van der Waals surface area contributed by atoms with Crippen LogP contribution in [0.15, 0.2) is 84.4 Å². The minimum atomic E-state index is -3.85. The zero-order chi connectivity index (χ0) is 23.5. The van der Waals surface area contributed by atoms with Crippen molar-refractivity contribution in [3.63, 3.8) is 0 Å². The molecule has 4 aromatic rings. The number of rotatable bonds is 6. The number of ether oxygens (including phenoxy) is 2. The van der Waals surface area contributed by atoms with Crippen LogP contribution in [0.1, 0.15) is 10.4 Å². The molecule has 1 aliphatic rings. The average Bonchev–Trinajstić information content (AvgIpc) is 3.39. The molecular formula is C23H19N5O5S. The molecule has 0 fully saturated rings. The molecule has 0 radical (unpaired) electrons. The predicted octanol–water partition coefficient (Wildman–Crippen LogP) is 3.09. The molecule has 0 spiro atoms. The number of hydrogen-bond donors (Lipinski definition) is 2. The second-order valence-corrected chi connectivity index (χ2v) is 9.00. The molecule has 3 heterocycles. The number of pyridine rings is 1. The largest absolute Gasteiger partial charge is 0.486 e. The van der Waals surface area contributed by atoms with Crippen LogP contribution in [-0.4, -0.2) is 42.1 Å². The minimum absolute atomic E-state index is 0.0465. The number of fused-ring (bicyclic) bond motifs is 1. The number of amides is 1. The standard InChI is InChI=1S/C23H19N5O5S/c29-23(26-18-5-8-22(25-14-18)28-10-9-24-15-28)16-1-3-17(4-2-16)27-34(30,31)19-6-7-20-21(13-19)33-12-11-32-20/h1-10,13-15,27H,11-12H2,(H,26,29). The Labute approximate surface area is 195 Å². The zero-order valence-corrected chi connectivity index (χ0v) is 18.5. The number of hydrogen-bond acceptors (Lipinski definition) is 7. The van der Waals surface area contributed by atoms with Crippen LogP contribution < -0.4 is 19.5 Å². The van der Waals surface area contributed by atoms with Crippen LogP contribution in [0.4, 0.5) is 11.4 Å². The van der Waals surface area contributed by atoms with Crippen LogP contribution >= 0.6 is 0 Å². The van der Waals surface area contributed by atoms with E-state index >= 15 is 0 Å². The Bertz CT molecular complexity index is 1420. The summed E-state index contributed by atoms with van der Waals surface area (Å²) in [5.41, 5.74) is 1.20. The number of carbonyl (C=O) groups excluding carboxylic acids is 1. The van der Waals surface area contributed by atoms with E-state index in [0.29, 0.717) is 47.5 Å². The third-order valence-corrected chi connectivity index (χ3v) is 6.38. The first-order valence-electron chi connectivity index (χ1n) is 10.3. The molecule has 0 saturated carbocycles. The fourth-order valence-corrected chi connectivity index (χ4v) is 4.38. The van der Waals surface area contributed by atoms with Gasteiger partial charge in [0.2, 0.25) is 0 Å². The summed E-state index contributed by atoms with van der Waals surface area (Å²) in [6, 6.07) is 14.0. The molecule has 172 valence electrons. The third-order valence-electron chi connectivity index (χ3n) is 5.00. The van der Waals surface area contributed by atoms with Crippen molar-refractivity contribution in [2.45, 2.75) is 4.90 Å². The minimum Gasteiger partial charge on any atom is -0.486 e. The molecule has 0 bridgehead atoms. The lowest BCUT2D eigenvalue weighted by Crippen LogP contribution is -2.17. The maximum Gasteiger partial charge on any atom is 0.262 e. The van der Waals surface area contributed by atoms with Crippen LogP contribution in [-0.2, 0) is 10.0 Å². The van der Waals surface area contributed by atoms with Crippen LogP contribution in [0, 0.1) is 0 Å². The van der Waals surface area contributed by atoms with Crippen molar-refractivity contribution < 1.29 is 22.7 Å². The Balaban J connectivity index is 1.24. The second kappa shape index (κ2) is 8.87. The van der Waals surface area contributed by atoms with Gasteiger partial charge in [0, 0.05) is 29.7 Å². The summed E-state index contributed by atoms with van der Waals surface area (Å²) >= 11 is 0. The van der Waals surface area contributed by atoms with Gasteiger partial charge in [-0.2, -0.15) is 0 Å². The van der Waals surface area contributed by atoms with Gasteiger partial charge in [0.05, 0.1) is 16.8 Å². The first-order chi connectivity index (χ1) is 16.5. The van der Waals surface area contributed by atoms with Crippen LogP contribution in [0.3, 0.4) is 0 Å². The van der Waals surface area contributed by atoms with Crippen LogP contribution in [0.5, 0.6) is 11.5 Å². The molecule has 1 amide bonds. The molecule has 5 rings (SSSR count). The Morgan fingerprint density at radius 3 is 2.41 bits per heavy atom. The Morgan fingerprint density at radius 1 is 0.941 bits per heavy atom. The highest BCUT2D eigenvalue weighted by Crippen LogP contribution is 2.32. The summed E-state index contributed by atoms with van der Waals surface area (Å²) < 4.78 is 40.7. The molecule has 34 heavy (non-hydrogen) atoms. The molecule has 0 aliphatic carbocycles. The summed E-state index contributed by atoms with van der Waals surface area (Å²) in [4.78, 5) is 20.9. The quantitative estimate of drug-likeness (QED) is 0.437. The highest BCUT2D eigenvalue weighted by atomic mass is 32.2. The Kier molecular flexibility index (Phi) is 5.60. The maximum absolute atomic E-state index is 12.8. The Hall–Kier alpha value is -4.38. The van der Waals surface area contributed by atoms with Crippen molar-refractivity contribution in [1.82, 2.24) is 14.5 Å². The van der Waals surface area contributed by atoms with Crippen molar-refractivity contribution in [2.75, 3.05) is 23.3 Å². The van der Waals surface area contributed by atoms with Crippen molar-refractivity contribution in [2.24, 2.45) is 0 Å². The molecule has 2 aromatic carbocycles. The van der Waals surface area contributed by atoms with Gasteiger partial charge >= 0.3 is 0 Å².